The molecule has 0 saturated heterocycles. The molecule has 3 aromatic rings. The predicted octanol–water partition coefficient (Wildman–Crippen LogP) is 1.69. The number of methoxy groups -OCH3 is 2. The third kappa shape index (κ3) is 2.27. The lowest BCUT2D eigenvalue weighted by Crippen LogP contribution is -2.14. The second-order valence-corrected chi connectivity index (χ2v) is 6.22. The Bertz CT molecular complexity index is 917. The van der Waals surface area contributed by atoms with Crippen LogP contribution in [-0.2, 0) is 10.0 Å². The first-order valence-electron chi connectivity index (χ1n) is 6.33. The molecule has 0 aliphatic heterocycles. The third-order valence-electron chi connectivity index (χ3n) is 3.17. The molecule has 8 heteroatoms. The molecule has 2 heterocycles. The number of pyridine rings is 1. The second kappa shape index (κ2) is 5.30. The fraction of sp³-hybridized carbons (Fsp3) is 0.143. The van der Waals surface area contributed by atoms with Crippen LogP contribution in [0.5, 0.6) is 11.5 Å². The molecule has 0 amide bonds. The zero-order chi connectivity index (χ0) is 15.7. The number of nitrogens with zero attached hydrogens (tertiary/aromatic N) is 3. The van der Waals surface area contributed by atoms with Gasteiger partial charge < -0.3 is 9.47 Å². The van der Waals surface area contributed by atoms with Gasteiger partial charge in [0.15, 0.2) is 5.65 Å². The summed E-state index contributed by atoms with van der Waals surface area (Å²) in [6.07, 6.45) is 2.88. The monoisotopic (exact) mass is 319 g/mol. The van der Waals surface area contributed by atoms with Crippen LogP contribution in [0.1, 0.15) is 0 Å². The molecule has 1 aromatic carbocycles. The Labute approximate surface area is 127 Å². The molecular formula is C14H13N3O4S. The highest BCUT2D eigenvalue weighted by molar-refractivity contribution is 7.90. The van der Waals surface area contributed by atoms with Crippen LogP contribution in [0.4, 0.5) is 0 Å². The van der Waals surface area contributed by atoms with Crippen LogP contribution in [-0.4, -0.2) is 36.8 Å². The van der Waals surface area contributed by atoms with E-state index in [9.17, 15) is 8.42 Å². The molecule has 0 bridgehead atoms. The van der Waals surface area contributed by atoms with E-state index >= 15 is 0 Å². The Hall–Kier alpha value is -2.61. The van der Waals surface area contributed by atoms with Crippen LogP contribution in [0.25, 0.3) is 11.0 Å². The maximum atomic E-state index is 12.7. The molecule has 0 atom stereocenters. The Morgan fingerprint density at radius 2 is 1.68 bits per heavy atom. The van der Waals surface area contributed by atoms with E-state index < -0.39 is 10.0 Å². The van der Waals surface area contributed by atoms with Crippen molar-refractivity contribution in [3.8, 4) is 11.5 Å². The van der Waals surface area contributed by atoms with E-state index in [0.29, 0.717) is 16.9 Å². The molecule has 7 nitrogen and oxygen atoms in total. The predicted molar refractivity (Wildman–Crippen MR) is 79.7 cm³/mol. The van der Waals surface area contributed by atoms with Crippen molar-refractivity contribution in [2.75, 3.05) is 14.2 Å². The molecule has 22 heavy (non-hydrogen) atoms. The Morgan fingerprint density at radius 1 is 1.00 bits per heavy atom. The smallest absolute Gasteiger partial charge is 0.284 e. The summed E-state index contributed by atoms with van der Waals surface area (Å²) in [6.45, 7) is 0. The summed E-state index contributed by atoms with van der Waals surface area (Å²) >= 11 is 0. The quantitative estimate of drug-likeness (QED) is 0.727. The zero-order valence-corrected chi connectivity index (χ0v) is 12.7. The van der Waals surface area contributed by atoms with Crippen molar-refractivity contribution in [2.24, 2.45) is 0 Å². The van der Waals surface area contributed by atoms with Gasteiger partial charge in [-0.25, -0.2) is 4.98 Å². The highest BCUT2D eigenvalue weighted by Gasteiger charge is 2.21. The van der Waals surface area contributed by atoms with Gasteiger partial charge in [0.1, 0.15) is 11.5 Å². The fourth-order valence-corrected chi connectivity index (χ4v) is 3.24. The molecule has 0 saturated carbocycles. The Morgan fingerprint density at radius 3 is 2.32 bits per heavy atom. The molecule has 0 aliphatic rings. The summed E-state index contributed by atoms with van der Waals surface area (Å²) in [6, 6.07) is 7.76. The third-order valence-corrected chi connectivity index (χ3v) is 4.76. The van der Waals surface area contributed by atoms with Crippen molar-refractivity contribution in [3.63, 3.8) is 0 Å². The average molecular weight is 319 g/mol. The van der Waals surface area contributed by atoms with Gasteiger partial charge in [0.25, 0.3) is 10.0 Å². The van der Waals surface area contributed by atoms with Gasteiger partial charge in [-0.1, -0.05) is 0 Å². The lowest BCUT2D eigenvalue weighted by atomic mass is 10.3. The highest BCUT2D eigenvalue weighted by atomic mass is 32.2. The number of hydrogen-bond donors (Lipinski definition) is 0. The van der Waals surface area contributed by atoms with Crippen molar-refractivity contribution < 1.29 is 17.9 Å². The topological polar surface area (TPSA) is 83.3 Å². The normalized spacial score (nSPS) is 11.5. The van der Waals surface area contributed by atoms with Gasteiger partial charge in [-0.15, -0.1) is 4.09 Å². The van der Waals surface area contributed by atoms with Crippen molar-refractivity contribution in [1.29, 1.82) is 0 Å². The van der Waals surface area contributed by atoms with E-state index in [2.05, 4.69) is 10.1 Å². The number of aromatic nitrogens is 3. The highest BCUT2D eigenvalue weighted by Crippen LogP contribution is 2.23. The van der Waals surface area contributed by atoms with E-state index in [4.69, 9.17) is 9.47 Å². The van der Waals surface area contributed by atoms with Gasteiger partial charge in [-0.3, -0.25) is 0 Å². The van der Waals surface area contributed by atoms with Gasteiger partial charge >= 0.3 is 0 Å². The number of fused-ring (bicyclic) bond motifs is 1. The van der Waals surface area contributed by atoms with Gasteiger partial charge in [0.2, 0.25) is 0 Å². The van der Waals surface area contributed by atoms with Gasteiger partial charge in [0.05, 0.1) is 31.5 Å². The minimum atomic E-state index is -3.82. The molecule has 0 N–H and O–H groups in total. The molecule has 3 rings (SSSR count). The first-order chi connectivity index (χ1) is 10.6. The number of ether oxygens (including phenoxy) is 2. The van der Waals surface area contributed by atoms with Crippen molar-refractivity contribution in [3.05, 3.63) is 42.7 Å². The molecule has 2 aromatic heterocycles. The molecular weight excluding hydrogens is 306 g/mol. The first kappa shape index (κ1) is 14.3. The Balaban J connectivity index is 2.12. The van der Waals surface area contributed by atoms with E-state index in [1.165, 1.54) is 38.7 Å². The fourth-order valence-electron chi connectivity index (χ4n) is 2.01. The maximum absolute atomic E-state index is 12.7. The lowest BCUT2D eigenvalue weighted by molar-refractivity contribution is 0.413. The largest absolute Gasteiger partial charge is 0.497 e. The second-order valence-electron chi connectivity index (χ2n) is 4.46. The SMILES string of the molecule is COc1ccc(S(=O)(=O)n2ncc3cc(OC)cnc32)cc1. The summed E-state index contributed by atoms with van der Waals surface area (Å²) in [7, 11) is -0.789. The van der Waals surface area contributed by atoms with E-state index in [-0.39, 0.29) is 10.5 Å². The van der Waals surface area contributed by atoms with Crippen molar-refractivity contribution in [1.82, 2.24) is 14.2 Å². The van der Waals surface area contributed by atoms with Gasteiger partial charge in [-0.05, 0) is 30.3 Å². The molecule has 0 fully saturated rings. The summed E-state index contributed by atoms with van der Waals surface area (Å²) in [4.78, 5) is 4.22. The number of rotatable bonds is 4. The standard InChI is InChI=1S/C14H13N3O4S/c1-20-11-3-5-13(6-4-11)22(18,19)17-14-10(8-16-17)7-12(21-2)9-15-14/h3-9H,1-2H3. The minimum Gasteiger partial charge on any atom is -0.497 e. The number of benzene rings is 1. The lowest BCUT2D eigenvalue weighted by Gasteiger charge is -2.06. The summed E-state index contributed by atoms with van der Waals surface area (Å²) < 4.78 is 36.3. The number of hydrogen-bond acceptors (Lipinski definition) is 6. The van der Waals surface area contributed by atoms with Crippen LogP contribution in [0.3, 0.4) is 0 Å². The van der Waals surface area contributed by atoms with E-state index in [1.54, 1.807) is 18.2 Å². The van der Waals surface area contributed by atoms with E-state index in [1.807, 2.05) is 0 Å². The van der Waals surface area contributed by atoms with Crippen molar-refractivity contribution >= 4 is 21.1 Å². The van der Waals surface area contributed by atoms with Crippen LogP contribution in [0.15, 0.2) is 47.6 Å². The summed E-state index contributed by atoms with van der Waals surface area (Å²) in [5, 5.41) is 4.52. The van der Waals surface area contributed by atoms with Gasteiger partial charge in [0, 0.05) is 5.39 Å². The zero-order valence-electron chi connectivity index (χ0n) is 11.9. The molecule has 0 aliphatic carbocycles. The van der Waals surface area contributed by atoms with Crippen LogP contribution >= 0.6 is 0 Å². The molecule has 0 spiro atoms. The summed E-state index contributed by atoms with van der Waals surface area (Å²) in [5.74, 6) is 1.11. The van der Waals surface area contributed by atoms with Crippen LogP contribution in [0.2, 0.25) is 0 Å². The Kier molecular flexibility index (Phi) is 3.45. The van der Waals surface area contributed by atoms with Gasteiger partial charge in [-0.2, -0.15) is 13.5 Å². The molecule has 114 valence electrons. The summed E-state index contributed by atoms with van der Waals surface area (Å²) in [5.41, 5.74) is 0.247. The van der Waals surface area contributed by atoms with Crippen molar-refractivity contribution in [2.45, 2.75) is 4.90 Å². The average Bonchev–Trinajstić information content (AvgIpc) is 2.98. The maximum Gasteiger partial charge on any atom is 0.284 e. The van der Waals surface area contributed by atoms with Crippen LogP contribution in [0, 0.1) is 0 Å². The first-order valence-corrected chi connectivity index (χ1v) is 7.77. The van der Waals surface area contributed by atoms with Crippen LogP contribution < -0.4 is 9.47 Å². The molecule has 0 unspecified atom stereocenters. The minimum absolute atomic E-state index is 0.107. The molecule has 0 radical (unpaired) electrons. The van der Waals surface area contributed by atoms with E-state index in [0.717, 1.165) is 4.09 Å².